The highest BCUT2D eigenvalue weighted by molar-refractivity contribution is 9.10. The summed E-state index contributed by atoms with van der Waals surface area (Å²) in [6.07, 6.45) is 1.35. The van der Waals surface area contributed by atoms with Gasteiger partial charge < -0.3 is 25.8 Å². The van der Waals surface area contributed by atoms with Gasteiger partial charge in [-0.2, -0.15) is 0 Å². The maximum atomic E-state index is 14.4. The fourth-order valence-corrected chi connectivity index (χ4v) is 2.82. The van der Waals surface area contributed by atoms with Gasteiger partial charge in [-0.05, 0) is 36.4 Å². The first-order chi connectivity index (χ1) is 14.4. The summed E-state index contributed by atoms with van der Waals surface area (Å²) < 4.78 is 25.9. The molecule has 0 aliphatic rings. The minimum Gasteiger partial charge on any atom is -0.495 e. The molecule has 4 N–H and O–H groups in total. The summed E-state index contributed by atoms with van der Waals surface area (Å²) in [7, 11) is 1.47. The monoisotopic (exact) mass is 474 g/mol. The number of ether oxygens (including phenoxy) is 2. The number of carbonyl (C=O) groups is 2. The molecular weight excluding hydrogens is 459 g/mol. The van der Waals surface area contributed by atoms with Gasteiger partial charge in [-0.25, -0.2) is 9.18 Å². The Morgan fingerprint density at radius 3 is 2.47 bits per heavy atom. The van der Waals surface area contributed by atoms with Crippen LogP contribution in [0, 0.1) is 5.82 Å². The summed E-state index contributed by atoms with van der Waals surface area (Å²) in [6, 6.07) is 11.2. The number of nitrogens with two attached hydrogens (primary N) is 1. The molecule has 10 heteroatoms. The number of rotatable bonds is 6. The van der Waals surface area contributed by atoms with Crippen molar-refractivity contribution in [2.45, 2.75) is 0 Å². The van der Waals surface area contributed by atoms with Gasteiger partial charge in [-0.15, -0.1) is 0 Å². The van der Waals surface area contributed by atoms with Gasteiger partial charge in [0.1, 0.15) is 28.8 Å². The lowest BCUT2D eigenvalue weighted by Gasteiger charge is -2.13. The molecule has 0 spiro atoms. The fourth-order valence-electron chi connectivity index (χ4n) is 2.46. The van der Waals surface area contributed by atoms with E-state index >= 15 is 0 Å². The van der Waals surface area contributed by atoms with Gasteiger partial charge in [0.15, 0.2) is 0 Å². The summed E-state index contributed by atoms with van der Waals surface area (Å²) in [4.78, 5) is 27.2. The molecule has 3 amide bonds. The second kappa shape index (κ2) is 9.23. The number of carbonyl (C=O) groups excluding carboxylic acids is 2. The summed E-state index contributed by atoms with van der Waals surface area (Å²) in [6.45, 7) is 0. The maximum absolute atomic E-state index is 14.4. The Kier molecular flexibility index (Phi) is 6.48. The van der Waals surface area contributed by atoms with Gasteiger partial charge in [0.05, 0.1) is 18.5 Å². The average Bonchev–Trinajstić information content (AvgIpc) is 2.70. The Balaban J connectivity index is 1.70. The van der Waals surface area contributed by atoms with Crippen LogP contribution in [0.4, 0.5) is 20.6 Å². The molecule has 0 atom stereocenters. The van der Waals surface area contributed by atoms with Crippen LogP contribution in [0.1, 0.15) is 10.5 Å². The van der Waals surface area contributed by atoms with E-state index in [2.05, 4.69) is 31.5 Å². The van der Waals surface area contributed by atoms with Gasteiger partial charge in [0.25, 0.3) is 5.91 Å². The maximum Gasteiger partial charge on any atom is 0.323 e. The van der Waals surface area contributed by atoms with Gasteiger partial charge >= 0.3 is 6.03 Å². The minimum atomic E-state index is -0.715. The third-order valence-electron chi connectivity index (χ3n) is 3.82. The van der Waals surface area contributed by atoms with E-state index in [1.54, 1.807) is 18.2 Å². The largest absolute Gasteiger partial charge is 0.495 e. The number of amides is 3. The zero-order chi connectivity index (χ0) is 21.7. The minimum absolute atomic E-state index is 0.0194. The quantitative estimate of drug-likeness (QED) is 0.485. The number of hydrogen-bond acceptors (Lipinski definition) is 5. The number of nitrogens with zero attached hydrogens (tertiary/aromatic N) is 1. The smallest absolute Gasteiger partial charge is 0.323 e. The molecule has 1 aromatic heterocycles. The van der Waals surface area contributed by atoms with Crippen LogP contribution in [0.25, 0.3) is 0 Å². The van der Waals surface area contributed by atoms with E-state index in [4.69, 9.17) is 15.2 Å². The van der Waals surface area contributed by atoms with Gasteiger partial charge in [0.2, 0.25) is 0 Å². The normalized spacial score (nSPS) is 10.2. The first kappa shape index (κ1) is 21.1. The number of primary amides is 1. The zero-order valence-corrected chi connectivity index (χ0v) is 17.2. The summed E-state index contributed by atoms with van der Waals surface area (Å²) in [5, 5.41) is 5.02. The molecule has 154 valence electrons. The van der Waals surface area contributed by atoms with E-state index in [1.807, 2.05) is 0 Å². The van der Waals surface area contributed by atoms with Crippen LogP contribution in [0.15, 0.2) is 59.2 Å². The molecule has 3 aromatic rings. The molecular formula is C20H16BrFN4O4. The molecule has 0 fully saturated rings. The molecule has 0 bridgehead atoms. The first-order valence-corrected chi connectivity index (χ1v) is 9.30. The Hall–Kier alpha value is -3.66. The fraction of sp³-hybridized carbons (Fsp3) is 0.0500. The van der Waals surface area contributed by atoms with Crippen molar-refractivity contribution in [2.75, 3.05) is 17.7 Å². The molecule has 0 aliphatic carbocycles. The van der Waals surface area contributed by atoms with Crippen LogP contribution in [0.3, 0.4) is 0 Å². The summed E-state index contributed by atoms with van der Waals surface area (Å²) >= 11 is 3.31. The third kappa shape index (κ3) is 5.23. The first-order valence-electron chi connectivity index (χ1n) is 8.50. The number of aromatic nitrogens is 1. The van der Waals surface area contributed by atoms with Crippen molar-refractivity contribution < 1.29 is 23.5 Å². The number of halogens is 2. The molecule has 0 aliphatic heterocycles. The lowest BCUT2D eigenvalue weighted by atomic mass is 10.2. The predicted molar refractivity (Wildman–Crippen MR) is 113 cm³/mol. The van der Waals surface area contributed by atoms with E-state index in [-0.39, 0.29) is 22.9 Å². The van der Waals surface area contributed by atoms with Gasteiger partial charge in [-0.3, -0.25) is 9.78 Å². The highest BCUT2D eigenvalue weighted by atomic mass is 79.9. The highest BCUT2D eigenvalue weighted by Gasteiger charge is 2.12. The number of urea groups is 1. The summed E-state index contributed by atoms with van der Waals surface area (Å²) in [5.74, 6) is -0.551. The van der Waals surface area contributed by atoms with Crippen molar-refractivity contribution in [2.24, 2.45) is 5.73 Å². The van der Waals surface area contributed by atoms with E-state index in [0.717, 1.165) is 10.5 Å². The van der Waals surface area contributed by atoms with Gasteiger partial charge in [0, 0.05) is 22.8 Å². The lowest BCUT2D eigenvalue weighted by Crippen LogP contribution is -2.20. The Morgan fingerprint density at radius 2 is 1.77 bits per heavy atom. The van der Waals surface area contributed by atoms with E-state index in [1.165, 1.54) is 37.6 Å². The Morgan fingerprint density at radius 1 is 1.03 bits per heavy atom. The average molecular weight is 475 g/mol. The van der Waals surface area contributed by atoms with E-state index in [0.29, 0.717) is 11.4 Å². The lowest BCUT2D eigenvalue weighted by molar-refractivity contribution is 0.0995. The number of anilines is 2. The van der Waals surface area contributed by atoms with Crippen LogP contribution < -0.4 is 25.8 Å². The topological polar surface area (TPSA) is 116 Å². The molecule has 0 saturated heterocycles. The molecule has 8 nitrogen and oxygen atoms in total. The SMILES string of the molecule is COc1ccc(Br)cc1NC(=O)Nc1ccc(Oc2ccnc(C(N)=O)c2)cc1F. The zero-order valence-electron chi connectivity index (χ0n) is 15.6. The summed E-state index contributed by atoms with van der Waals surface area (Å²) in [5.41, 5.74) is 5.55. The van der Waals surface area contributed by atoms with E-state index in [9.17, 15) is 14.0 Å². The van der Waals surface area contributed by atoms with Crippen molar-refractivity contribution in [3.05, 3.63) is 70.7 Å². The standard InChI is InChI=1S/C20H16BrFN4O4/c1-29-18-5-2-11(21)8-16(18)26-20(28)25-15-4-3-12(9-14(15)22)30-13-6-7-24-17(10-13)19(23)27/h2-10H,1H3,(H2,23,27)(H2,25,26,28). The molecule has 3 rings (SSSR count). The molecule has 0 unspecified atom stereocenters. The number of hydrogen-bond donors (Lipinski definition) is 3. The highest BCUT2D eigenvalue weighted by Crippen LogP contribution is 2.29. The second-order valence-electron chi connectivity index (χ2n) is 5.91. The van der Waals surface area contributed by atoms with Crippen LogP contribution in [0.2, 0.25) is 0 Å². The Bertz CT molecular complexity index is 1110. The third-order valence-corrected chi connectivity index (χ3v) is 4.31. The number of benzene rings is 2. The van der Waals surface area contributed by atoms with Crippen LogP contribution >= 0.6 is 15.9 Å². The van der Waals surface area contributed by atoms with Gasteiger partial charge in [-0.1, -0.05) is 15.9 Å². The van der Waals surface area contributed by atoms with Crippen molar-refractivity contribution in [1.29, 1.82) is 0 Å². The van der Waals surface area contributed by atoms with E-state index < -0.39 is 17.8 Å². The molecule has 0 radical (unpaired) electrons. The van der Waals surface area contributed by atoms with Crippen LogP contribution in [0.5, 0.6) is 17.2 Å². The molecule has 0 saturated carbocycles. The number of pyridine rings is 1. The molecule has 30 heavy (non-hydrogen) atoms. The predicted octanol–water partition coefficient (Wildman–Crippen LogP) is 4.53. The number of methoxy groups -OCH3 is 1. The van der Waals surface area contributed by atoms with Crippen molar-refractivity contribution >= 4 is 39.2 Å². The van der Waals surface area contributed by atoms with Crippen molar-refractivity contribution in [3.8, 4) is 17.2 Å². The van der Waals surface area contributed by atoms with Crippen molar-refractivity contribution in [3.63, 3.8) is 0 Å². The van der Waals surface area contributed by atoms with Crippen molar-refractivity contribution in [1.82, 2.24) is 4.98 Å². The molecule has 1 heterocycles. The Labute approximate surface area is 179 Å². The van der Waals surface area contributed by atoms with Crippen LogP contribution in [-0.2, 0) is 0 Å². The van der Waals surface area contributed by atoms with Crippen LogP contribution in [-0.4, -0.2) is 24.0 Å². The number of nitrogens with one attached hydrogen (secondary N) is 2. The molecule has 2 aromatic carbocycles. The second-order valence-corrected chi connectivity index (χ2v) is 6.82.